The SMILES string of the molecule is CCOC(=O)Cc1cncc(-c2ccc(NC(=O)OC(C)(C)C)cc2)c1. The number of nitrogens with zero attached hydrogens (tertiary/aromatic N) is 1. The Morgan fingerprint density at radius 2 is 1.77 bits per heavy atom. The van der Waals surface area contributed by atoms with E-state index in [9.17, 15) is 9.59 Å². The van der Waals surface area contributed by atoms with Crippen LogP contribution in [0.5, 0.6) is 0 Å². The number of esters is 1. The first-order chi connectivity index (χ1) is 12.3. The molecular formula is C20H24N2O4. The summed E-state index contributed by atoms with van der Waals surface area (Å²) in [6, 6.07) is 9.23. The van der Waals surface area contributed by atoms with Gasteiger partial charge < -0.3 is 9.47 Å². The van der Waals surface area contributed by atoms with Gasteiger partial charge in [-0.2, -0.15) is 0 Å². The van der Waals surface area contributed by atoms with Crippen LogP contribution in [0.4, 0.5) is 10.5 Å². The molecule has 0 spiro atoms. The Hall–Kier alpha value is -2.89. The smallest absolute Gasteiger partial charge is 0.412 e. The van der Waals surface area contributed by atoms with Crippen molar-refractivity contribution in [1.82, 2.24) is 4.98 Å². The quantitative estimate of drug-likeness (QED) is 0.812. The van der Waals surface area contributed by atoms with Gasteiger partial charge in [0.1, 0.15) is 5.60 Å². The van der Waals surface area contributed by atoms with Crippen molar-refractivity contribution in [3.8, 4) is 11.1 Å². The normalized spacial score (nSPS) is 10.9. The van der Waals surface area contributed by atoms with Crippen molar-refractivity contribution in [1.29, 1.82) is 0 Å². The average Bonchev–Trinajstić information content (AvgIpc) is 2.54. The molecule has 0 unspecified atom stereocenters. The molecule has 0 aliphatic carbocycles. The lowest BCUT2D eigenvalue weighted by Gasteiger charge is -2.19. The summed E-state index contributed by atoms with van der Waals surface area (Å²) in [7, 11) is 0. The second-order valence-corrected chi connectivity index (χ2v) is 6.77. The van der Waals surface area contributed by atoms with Crippen molar-refractivity contribution in [3.05, 3.63) is 48.3 Å². The molecule has 1 N–H and O–H groups in total. The van der Waals surface area contributed by atoms with E-state index in [1.54, 1.807) is 31.5 Å². The zero-order valence-corrected chi connectivity index (χ0v) is 15.5. The summed E-state index contributed by atoms with van der Waals surface area (Å²) in [5, 5.41) is 2.69. The second kappa shape index (κ2) is 8.47. The maximum atomic E-state index is 11.8. The highest BCUT2D eigenvalue weighted by Crippen LogP contribution is 2.22. The number of carbonyl (C=O) groups is 2. The third kappa shape index (κ3) is 6.20. The van der Waals surface area contributed by atoms with Crippen molar-refractivity contribution in [2.75, 3.05) is 11.9 Å². The standard InChI is InChI=1S/C20H24N2O4/c1-5-25-18(23)11-14-10-16(13-21-12-14)15-6-8-17(9-7-15)22-19(24)26-20(2,3)4/h6-10,12-13H,5,11H2,1-4H3,(H,22,24). The van der Waals surface area contributed by atoms with Gasteiger partial charge in [0.05, 0.1) is 13.0 Å². The fourth-order valence-corrected chi connectivity index (χ4v) is 2.29. The van der Waals surface area contributed by atoms with E-state index in [1.807, 2.05) is 39.0 Å². The molecule has 0 fully saturated rings. The first kappa shape index (κ1) is 19.4. The van der Waals surface area contributed by atoms with E-state index in [-0.39, 0.29) is 12.4 Å². The van der Waals surface area contributed by atoms with Gasteiger partial charge in [-0.15, -0.1) is 0 Å². The number of amides is 1. The van der Waals surface area contributed by atoms with Crippen molar-refractivity contribution in [3.63, 3.8) is 0 Å². The predicted octanol–water partition coefficient (Wildman–Crippen LogP) is 4.20. The van der Waals surface area contributed by atoms with Crippen LogP contribution in [0.25, 0.3) is 11.1 Å². The molecule has 0 aliphatic heterocycles. The number of hydrogen-bond acceptors (Lipinski definition) is 5. The molecule has 6 heteroatoms. The third-order valence-corrected chi connectivity index (χ3v) is 3.31. The van der Waals surface area contributed by atoms with Crippen LogP contribution in [-0.4, -0.2) is 29.3 Å². The molecule has 0 radical (unpaired) electrons. The van der Waals surface area contributed by atoms with E-state index in [1.165, 1.54) is 0 Å². The summed E-state index contributed by atoms with van der Waals surface area (Å²) < 4.78 is 10.2. The summed E-state index contributed by atoms with van der Waals surface area (Å²) >= 11 is 0. The molecule has 1 heterocycles. The fourth-order valence-electron chi connectivity index (χ4n) is 2.29. The highest BCUT2D eigenvalue weighted by atomic mass is 16.6. The number of carbonyl (C=O) groups excluding carboxylic acids is 2. The van der Waals surface area contributed by atoms with Crippen LogP contribution in [0.3, 0.4) is 0 Å². The van der Waals surface area contributed by atoms with Crippen LogP contribution in [0.15, 0.2) is 42.7 Å². The number of aromatic nitrogens is 1. The summed E-state index contributed by atoms with van der Waals surface area (Å²) in [6.45, 7) is 7.57. The molecule has 2 aromatic rings. The topological polar surface area (TPSA) is 77.5 Å². The Balaban J connectivity index is 2.06. The maximum Gasteiger partial charge on any atom is 0.412 e. The highest BCUT2D eigenvalue weighted by molar-refractivity contribution is 5.85. The molecule has 0 aliphatic rings. The van der Waals surface area contributed by atoms with Gasteiger partial charge in [-0.3, -0.25) is 15.1 Å². The molecular weight excluding hydrogens is 332 g/mol. The number of rotatable bonds is 5. The molecule has 0 atom stereocenters. The Morgan fingerprint density at radius 1 is 1.08 bits per heavy atom. The molecule has 138 valence electrons. The zero-order valence-electron chi connectivity index (χ0n) is 15.5. The van der Waals surface area contributed by atoms with Gasteiger partial charge in [-0.05, 0) is 57.0 Å². The molecule has 26 heavy (non-hydrogen) atoms. The Kier molecular flexibility index (Phi) is 6.33. The number of hydrogen-bond donors (Lipinski definition) is 1. The molecule has 6 nitrogen and oxygen atoms in total. The van der Waals surface area contributed by atoms with E-state index in [4.69, 9.17) is 9.47 Å². The molecule has 0 saturated carbocycles. The van der Waals surface area contributed by atoms with Gasteiger partial charge in [0.25, 0.3) is 0 Å². The van der Waals surface area contributed by atoms with E-state index in [0.29, 0.717) is 12.3 Å². The molecule has 1 amide bonds. The van der Waals surface area contributed by atoms with E-state index in [0.717, 1.165) is 16.7 Å². The number of pyridine rings is 1. The molecule has 1 aromatic heterocycles. The van der Waals surface area contributed by atoms with Gasteiger partial charge in [-0.25, -0.2) is 4.79 Å². The van der Waals surface area contributed by atoms with E-state index in [2.05, 4.69) is 10.3 Å². The Bertz CT molecular complexity index is 764. The van der Waals surface area contributed by atoms with Crippen LogP contribution < -0.4 is 5.32 Å². The Labute approximate surface area is 153 Å². The van der Waals surface area contributed by atoms with Crippen LogP contribution in [-0.2, 0) is 20.7 Å². The summed E-state index contributed by atoms with van der Waals surface area (Å²) in [4.78, 5) is 27.6. The van der Waals surface area contributed by atoms with Crippen LogP contribution >= 0.6 is 0 Å². The lowest BCUT2D eigenvalue weighted by Crippen LogP contribution is -2.27. The predicted molar refractivity (Wildman–Crippen MR) is 99.9 cm³/mol. The lowest BCUT2D eigenvalue weighted by molar-refractivity contribution is -0.142. The van der Waals surface area contributed by atoms with Crippen LogP contribution in [0, 0.1) is 0 Å². The third-order valence-electron chi connectivity index (χ3n) is 3.31. The van der Waals surface area contributed by atoms with Crippen molar-refractivity contribution in [2.45, 2.75) is 39.7 Å². The van der Waals surface area contributed by atoms with Gasteiger partial charge >= 0.3 is 12.1 Å². The molecule has 2 rings (SSSR count). The highest BCUT2D eigenvalue weighted by Gasteiger charge is 2.16. The zero-order chi connectivity index (χ0) is 19.2. The number of ether oxygens (including phenoxy) is 2. The fraction of sp³-hybridized carbons (Fsp3) is 0.350. The average molecular weight is 356 g/mol. The van der Waals surface area contributed by atoms with Gasteiger partial charge in [0.2, 0.25) is 0 Å². The number of nitrogens with one attached hydrogen (secondary N) is 1. The molecule has 1 aromatic carbocycles. The Morgan fingerprint density at radius 3 is 2.38 bits per heavy atom. The van der Waals surface area contributed by atoms with Crippen molar-refractivity contribution >= 4 is 17.7 Å². The van der Waals surface area contributed by atoms with E-state index < -0.39 is 11.7 Å². The van der Waals surface area contributed by atoms with Crippen molar-refractivity contribution < 1.29 is 19.1 Å². The van der Waals surface area contributed by atoms with Gasteiger partial charge in [0, 0.05) is 23.6 Å². The largest absolute Gasteiger partial charge is 0.466 e. The lowest BCUT2D eigenvalue weighted by atomic mass is 10.0. The first-order valence-electron chi connectivity index (χ1n) is 8.47. The second-order valence-electron chi connectivity index (χ2n) is 6.77. The maximum absolute atomic E-state index is 11.8. The van der Waals surface area contributed by atoms with Crippen LogP contribution in [0.1, 0.15) is 33.3 Å². The number of anilines is 1. The summed E-state index contributed by atoms with van der Waals surface area (Å²) in [5.74, 6) is -0.275. The monoisotopic (exact) mass is 356 g/mol. The van der Waals surface area contributed by atoms with Gasteiger partial charge in [0.15, 0.2) is 0 Å². The first-order valence-corrected chi connectivity index (χ1v) is 8.47. The summed E-state index contributed by atoms with van der Waals surface area (Å²) in [5.41, 5.74) is 2.69. The van der Waals surface area contributed by atoms with E-state index >= 15 is 0 Å². The van der Waals surface area contributed by atoms with Gasteiger partial charge in [-0.1, -0.05) is 12.1 Å². The minimum Gasteiger partial charge on any atom is -0.466 e. The minimum absolute atomic E-state index is 0.187. The van der Waals surface area contributed by atoms with Crippen LogP contribution in [0.2, 0.25) is 0 Å². The van der Waals surface area contributed by atoms with Crippen molar-refractivity contribution in [2.24, 2.45) is 0 Å². The number of benzene rings is 1. The minimum atomic E-state index is -0.547. The molecule has 0 saturated heterocycles. The summed E-state index contributed by atoms with van der Waals surface area (Å²) in [6.07, 6.45) is 3.07. The molecule has 0 bridgehead atoms.